The van der Waals surface area contributed by atoms with Crippen molar-refractivity contribution >= 4 is 74.8 Å². The van der Waals surface area contributed by atoms with E-state index in [1.54, 1.807) is 24.3 Å². The zero-order valence-corrected chi connectivity index (χ0v) is 23.7. The van der Waals surface area contributed by atoms with Crippen LogP contribution in [0, 0.1) is 9.39 Å². The first-order valence-electron chi connectivity index (χ1n) is 11.4. The van der Waals surface area contributed by atoms with Crippen molar-refractivity contribution in [2.75, 3.05) is 18.5 Å². The molecule has 0 aromatic heterocycles. The molecule has 1 fully saturated rings. The summed E-state index contributed by atoms with van der Waals surface area (Å²) in [5.74, 6) is -0.536. The zero-order chi connectivity index (χ0) is 27.2. The number of anilines is 1. The number of benzene rings is 3. The molecule has 3 aromatic carbocycles. The smallest absolute Gasteiger partial charge is 0.294 e. The topological polar surface area (TPSA) is 84.9 Å². The van der Waals surface area contributed by atoms with Gasteiger partial charge in [0, 0.05) is 10.7 Å². The molecule has 1 aliphatic heterocycles. The van der Waals surface area contributed by atoms with Crippen molar-refractivity contribution in [2.45, 2.75) is 13.5 Å². The Labute approximate surface area is 241 Å². The average Bonchev–Trinajstić information content (AvgIpc) is 3.13. The van der Waals surface area contributed by atoms with Crippen LogP contribution in [0.3, 0.4) is 0 Å². The van der Waals surface area contributed by atoms with Crippen LogP contribution in [-0.4, -0.2) is 35.1 Å². The van der Waals surface area contributed by atoms with Crippen LogP contribution in [0.5, 0.6) is 11.5 Å². The van der Waals surface area contributed by atoms with Crippen LogP contribution in [0.2, 0.25) is 5.02 Å². The summed E-state index contributed by atoms with van der Waals surface area (Å²) < 4.78 is 25.7. The van der Waals surface area contributed by atoms with Gasteiger partial charge in [0.1, 0.15) is 19.0 Å². The number of nitrogens with zero attached hydrogens (tertiary/aromatic N) is 1. The number of hydrogen-bond acceptors (Lipinski definition) is 6. The Kier molecular flexibility index (Phi) is 9.29. The van der Waals surface area contributed by atoms with E-state index < -0.39 is 29.4 Å². The molecule has 4 rings (SSSR count). The van der Waals surface area contributed by atoms with Crippen molar-refractivity contribution in [3.05, 3.63) is 91.1 Å². The standard InChI is InChI=1S/C27H21ClFIN2O5S/c1-2-36-22-12-17(11-21(30)25(22)37-15-16-3-5-18(28)6-4-16)13-23-26(34)32(27(35)38-23)14-24(33)31-20-9-7-19(29)8-10-20/h3-13H,2,14-15H2,1H3,(H,31,33)/b23-13-. The summed E-state index contributed by atoms with van der Waals surface area (Å²) in [6, 6.07) is 16.1. The summed E-state index contributed by atoms with van der Waals surface area (Å²) in [4.78, 5) is 38.8. The summed E-state index contributed by atoms with van der Waals surface area (Å²) in [5, 5.41) is 2.63. The molecule has 0 bridgehead atoms. The van der Waals surface area contributed by atoms with E-state index in [1.807, 2.05) is 25.1 Å². The second-order valence-corrected chi connectivity index (χ2v) is 10.6. The van der Waals surface area contributed by atoms with Crippen LogP contribution in [0.25, 0.3) is 6.08 Å². The third-order valence-corrected chi connectivity index (χ3v) is 7.19. The third kappa shape index (κ3) is 7.06. The van der Waals surface area contributed by atoms with E-state index >= 15 is 0 Å². The number of nitrogens with one attached hydrogen (secondary N) is 1. The first kappa shape index (κ1) is 27.9. The maximum absolute atomic E-state index is 13.1. The van der Waals surface area contributed by atoms with Crippen LogP contribution in [0.15, 0.2) is 65.6 Å². The van der Waals surface area contributed by atoms with E-state index in [0.717, 1.165) is 25.8 Å². The molecule has 3 amide bonds. The summed E-state index contributed by atoms with van der Waals surface area (Å²) in [5.41, 5.74) is 1.93. The number of thioether (sulfide) groups is 1. The normalized spacial score (nSPS) is 14.2. The summed E-state index contributed by atoms with van der Waals surface area (Å²) >= 11 is 8.83. The largest absolute Gasteiger partial charge is 0.490 e. The lowest BCUT2D eigenvalue weighted by molar-refractivity contribution is -0.127. The number of hydrogen-bond donors (Lipinski definition) is 1. The van der Waals surface area contributed by atoms with Crippen molar-refractivity contribution in [3.8, 4) is 11.5 Å². The first-order valence-corrected chi connectivity index (χ1v) is 13.6. The van der Waals surface area contributed by atoms with Crippen molar-refractivity contribution in [3.63, 3.8) is 0 Å². The Morgan fingerprint density at radius 3 is 2.50 bits per heavy atom. The lowest BCUT2D eigenvalue weighted by Crippen LogP contribution is -2.36. The molecule has 0 aliphatic carbocycles. The number of imide groups is 1. The van der Waals surface area contributed by atoms with Crippen molar-refractivity contribution in [2.24, 2.45) is 0 Å². The Bertz CT molecular complexity index is 1400. The fourth-order valence-electron chi connectivity index (χ4n) is 3.48. The number of amides is 3. The molecule has 0 radical (unpaired) electrons. The second kappa shape index (κ2) is 12.6. The van der Waals surface area contributed by atoms with Gasteiger partial charge in [0.15, 0.2) is 11.5 Å². The number of carbonyl (C=O) groups is 3. The van der Waals surface area contributed by atoms with Crippen LogP contribution in [-0.2, 0) is 16.2 Å². The monoisotopic (exact) mass is 666 g/mol. The number of halogens is 3. The van der Waals surface area contributed by atoms with Crippen LogP contribution < -0.4 is 14.8 Å². The van der Waals surface area contributed by atoms with Gasteiger partial charge in [0.25, 0.3) is 11.1 Å². The van der Waals surface area contributed by atoms with Gasteiger partial charge < -0.3 is 14.8 Å². The van der Waals surface area contributed by atoms with E-state index in [9.17, 15) is 18.8 Å². The Morgan fingerprint density at radius 1 is 1.11 bits per heavy atom. The zero-order valence-electron chi connectivity index (χ0n) is 20.0. The SMILES string of the molecule is CCOc1cc(/C=C2\SC(=O)N(CC(=O)Nc3ccc(F)cc3)C2=O)cc(I)c1OCc1ccc(Cl)cc1. The maximum Gasteiger partial charge on any atom is 0.294 e. The first-order chi connectivity index (χ1) is 18.2. The van der Waals surface area contributed by atoms with Gasteiger partial charge in [-0.25, -0.2) is 4.39 Å². The molecule has 3 aromatic rings. The maximum atomic E-state index is 13.1. The van der Waals surface area contributed by atoms with E-state index in [-0.39, 0.29) is 4.91 Å². The molecule has 196 valence electrons. The van der Waals surface area contributed by atoms with Crippen LogP contribution >= 0.6 is 46.0 Å². The lowest BCUT2D eigenvalue weighted by Gasteiger charge is -2.15. The van der Waals surface area contributed by atoms with Gasteiger partial charge in [-0.15, -0.1) is 0 Å². The van der Waals surface area contributed by atoms with Gasteiger partial charge >= 0.3 is 0 Å². The molecule has 7 nitrogen and oxygen atoms in total. The highest BCUT2D eigenvalue weighted by molar-refractivity contribution is 14.1. The Hall–Kier alpha value is -3.09. The highest BCUT2D eigenvalue weighted by Crippen LogP contribution is 2.38. The molecule has 0 spiro atoms. The predicted molar refractivity (Wildman–Crippen MR) is 154 cm³/mol. The van der Waals surface area contributed by atoms with Crippen LogP contribution in [0.4, 0.5) is 14.9 Å². The molecule has 38 heavy (non-hydrogen) atoms. The third-order valence-electron chi connectivity index (χ3n) is 5.23. The number of rotatable bonds is 9. The minimum Gasteiger partial charge on any atom is -0.490 e. The molecule has 1 heterocycles. The minimum atomic E-state index is -0.578. The molecule has 0 atom stereocenters. The lowest BCUT2D eigenvalue weighted by atomic mass is 10.1. The summed E-state index contributed by atoms with van der Waals surface area (Å²) in [6.45, 7) is 2.10. The highest BCUT2D eigenvalue weighted by atomic mass is 127. The van der Waals surface area contributed by atoms with E-state index in [1.165, 1.54) is 24.3 Å². The molecule has 1 saturated heterocycles. The van der Waals surface area contributed by atoms with E-state index in [2.05, 4.69) is 27.9 Å². The summed E-state index contributed by atoms with van der Waals surface area (Å²) in [6.07, 6.45) is 1.58. The van der Waals surface area contributed by atoms with E-state index in [4.69, 9.17) is 21.1 Å². The van der Waals surface area contributed by atoms with Crippen molar-refractivity contribution < 1.29 is 28.2 Å². The number of ether oxygens (including phenoxy) is 2. The van der Waals surface area contributed by atoms with Gasteiger partial charge in [0.05, 0.1) is 15.1 Å². The summed E-state index contributed by atoms with van der Waals surface area (Å²) in [7, 11) is 0. The van der Waals surface area contributed by atoms with Crippen molar-refractivity contribution in [1.82, 2.24) is 4.90 Å². The Morgan fingerprint density at radius 2 is 1.82 bits per heavy atom. The Balaban J connectivity index is 1.48. The van der Waals surface area contributed by atoms with Gasteiger partial charge in [-0.2, -0.15) is 0 Å². The molecule has 0 saturated carbocycles. The predicted octanol–water partition coefficient (Wildman–Crippen LogP) is 6.74. The van der Waals surface area contributed by atoms with Gasteiger partial charge in [-0.1, -0.05) is 23.7 Å². The molecular weight excluding hydrogens is 646 g/mol. The van der Waals surface area contributed by atoms with Crippen LogP contribution in [0.1, 0.15) is 18.1 Å². The quantitative estimate of drug-likeness (QED) is 0.201. The second-order valence-electron chi connectivity index (χ2n) is 8.00. The minimum absolute atomic E-state index is 0.178. The highest BCUT2D eigenvalue weighted by Gasteiger charge is 2.36. The van der Waals surface area contributed by atoms with E-state index in [0.29, 0.717) is 41.0 Å². The molecular formula is C27H21ClFIN2O5S. The molecule has 0 unspecified atom stereocenters. The fourth-order valence-corrected chi connectivity index (χ4v) is 5.22. The van der Waals surface area contributed by atoms with Gasteiger partial charge in [-0.05, 0) is 107 Å². The van der Waals surface area contributed by atoms with Gasteiger partial charge in [-0.3, -0.25) is 19.3 Å². The average molecular weight is 667 g/mol. The molecule has 11 heteroatoms. The number of carbonyl (C=O) groups excluding carboxylic acids is 3. The van der Waals surface area contributed by atoms with Crippen molar-refractivity contribution in [1.29, 1.82) is 0 Å². The fraction of sp³-hybridized carbons (Fsp3) is 0.148. The molecule has 1 N–H and O–H groups in total. The van der Waals surface area contributed by atoms with Gasteiger partial charge in [0.2, 0.25) is 5.91 Å². The molecule has 1 aliphatic rings.